The highest BCUT2D eigenvalue weighted by atomic mass is 79.9. The minimum absolute atomic E-state index is 0.0727. The zero-order valence-corrected chi connectivity index (χ0v) is 21.0. The summed E-state index contributed by atoms with van der Waals surface area (Å²) in [5.41, 5.74) is 6.64. The highest BCUT2D eigenvalue weighted by Crippen LogP contribution is 2.24. The molecule has 0 spiro atoms. The van der Waals surface area contributed by atoms with Crippen LogP contribution in [0.15, 0.2) is 77.3 Å². The number of hydrazine groups is 1. The normalized spacial score (nSPS) is 10.4. The predicted octanol–water partition coefficient (Wildman–Crippen LogP) is 4.76. The third-order valence-corrected chi connectivity index (χ3v) is 5.13. The van der Waals surface area contributed by atoms with Crippen LogP contribution in [0.2, 0.25) is 0 Å². The van der Waals surface area contributed by atoms with Crippen LogP contribution in [0.4, 0.5) is 0 Å². The smallest absolute Gasteiger partial charge is 0.273 e. The van der Waals surface area contributed by atoms with E-state index < -0.39 is 11.8 Å². The van der Waals surface area contributed by atoms with Gasteiger partial charge in [0.1, 0.15) is 18.1 Å². The van der Waals surface area contributed by atoms with Crippen molar-refractivity contribution in [2.45, 2.75) is 26.6 Å². The maximum Gasteiger partial charge on any atom is 0.273 e. The number of hydrogen-bond donors (Lipinski definition) is 3. The van der Waals surface area contributed by atoms with Gasteiger partial charge in [0.2, 0.25) is 0 Å². The summed E-state index contributed by atoms with van der Waals surface area (Å²) in [5, 5.41) is 2.47. The second kappa shape index (κ2) is 12.2. The van der Waals surface area contributed by atoms with Gasteiger partial charge in [-0.15, -0.1) is 0 Å². The molecule has 0 aromatic heterocycles. The topological polar surface area (TPSA) is 88.7 Å². The minimum atomic E-state index is -0.477. The zero-order valence-electron chi connectivity index (χ0n) is 18.6. The molecule has 3 aromatic carbocycles. The molecule has 0 saturated carbocycles. The maximum absolute atomic E-state index is 12.7. The lowest BCUT2D eigenvalue weighted by Gasteiger charge is -2.16. The average molecular weight is 542 g/mol. The Labute approximate surface area is 211 Å². The third kappa shape index (κ3) is 7.29. The Bertz CT molecular complexity index is 1170. The van der Waals surface area contributed by atoms with Gasteiger partial charge in [-0.3, -0.25) is 25.8 Å². The Hall–Kier alpha value is -3.43. The summed E-state index contributed by atoms with van der Waals surface area (Å²) >= 11 is 8.52. The van der Waals surface area contributed by atoms with Crippen molar-refractivity contribution in [3.05, 3.63) is 94.0 Å². The van der Waals surface area contributed by atoms with Gasteiger partial charge in [-0.05, 0) is 62.0 Å². The van der Waals surface area contributed by atoms with E-state index in [1.165, 1.54) is 0 Å². The van der Waals surface area contributed by atoms with Gasteiger partial charge in [-0.2, -0.15) is 0 Å². The van der Waals surface area contributed by atoms with Crippen LogP contribution in [0.25, 0.3) is 0 Å². The van der Waals surface area contributed by atoms with E-state index in [0.717, 1.165) is 5.56 Å². The molecule has 0 heterocycles. The van der Waals surface area contributed by atoms with Crippen molar-refractivity contribution in [1.82, 2.24) is 16.2 Å². The molecular weight excluding hydrogens is 518 g/mol. The summed E-state index contributed by atoms with van der Waals surface area (Å²) in [7, 11) is 0. The number of hydrogen-bond acceptors (Lipinski definition) is 5. The first-order valence-electron chi connectivity index (χ1n) is 10.5. The van der Waals surface area contributed by atoms with E-state index in [1.54, 1.807) is 42.5 Å². The molecule has 0 fully saturated rings. The van der Waals surface area contributed by atoms with Crippen LogP contribution < -0.4 is 25.6 Å². The van der Waals surface area contributed by atoms with Gasteiger partial charge in [0.05, 0.1) is 17.2 Å². The predicted molar refractivity (Wildman–Crippen MR) is 138 cm³/mol. The van der Waals surface area contributed by atoms with Crippen LogP contribution in [-0.4, -0.2) is 23.0 Å². The van der Waals surface area contributed by atoms with Gasteiger partial charge in [0.25, 0.3) is 11.8 Å². The number of carbonyl (C=O) groups is 2. The first-order chi connectivity index (χ1) is 16.3. The molecule has 0 radical (unpaired) electrons. The fourth-order valence-corrected chi connectivity index (χ4v) is 3.44. The van der Waals surface area contributed by atoms with Crippen LogP contribution in [0.3, 0.4) is 0 Å². The Balaban J connectivity index is 1.59. The molecule has 0 aliphatic carbocycles. The number of amides is 2. The van der Waals surface area contributed by atoms with Crippen molar-refractivity contribution in [2.75, 3.05) is 0 Å². The Morgan fingerprint density at radius 3 is 2.32 bits per heavy atom. The molecule has 9 heteroatoms. The minimum Gasteiger partial charge on any atom is -0.490 e. The second-order valence-corrected chi connectivity index (χ2v) is 8.76. The van der Waals surface area contributed by atoms with Gasteiger partial charge in [0, 0.05) is 4.47 Å². The average Bonchev–Trinajstić information content (AvgIpc) is 2.83. The molecule has 3 N–H and O–H groups in total. The van der Waals surface area contributed by atoms with Crippen LogP contribution in [0.5, 0.6) is 11.5 Å². The standard InChI is InChI=1S/C25H24BrN3O4S/c1-16(2)33-22-13-12-18(26)14-20(22)23(30)27-25(34)29-28-24(31)19-10-6-7-11-21(19)32-15-17-8-4-3-5-9-17/h3-14,16H,15H2,1-2H3,(H,28,31)(H2,27,29,30,34). The largest absolute Gasteiger partial charge is 0.490 e. The molecule has 34 heavy (non-hydrogen) atoms. The molecule has 0 aliphatic heterocycles. The molecule has 2 amide bonds. The molecule has 0 saturated heterocycles. The molecule has 0 unspecified atom stereocenters. The van der Waals surface area contributed by atoms with Gasteiger partial charge in [-0.25, -0.2) is 0 Å². The molecule has 0 bridgehead atoms. The molecule has 3 rings (SSSR count). The van der Waals surface area contributed by atoms with Crippen molar-refractivity contribution < 1.29 is 19.1 Å². The Kier molecular flexibility index (Phi) is 9.00. The number of para-hydroxylation sites is 1. The second-order valence-electron chi connectivity index (χ2n) is 7.44. The van der Waals surface area contributed by atoms with Gasteiger partial charge in [0.15, 0.2) is 5.11 Å². The number of benzene rings is 3. The van der Waals surface area contributed by atoms with E-state index in [1.807, 2.05) is 44.2 Å². The van der Waals surface area contributed by atoms with Crippen molar-refractivity contribution >= 4 is 45.1 Å². The molecule has 0 atom stereocenters. The Morgan fingerprint density at radius 2 is 1.59 bits per heavy atom. The molecular formula is C25H24BrN3O4S. The monoisotopic (exact) mass is 541 g/mol. The highest BCUT2D eigenvalue weighted by Gasteiger charge is 2.17. The van der Waals surface area contributed by atoms with Crippen LogP contribution in [0.1, 0.15) is 40.1 Å². The number of nitrogens with one attached hydrogen (secondary N) is 3. The number of ether oxygens (including phenoxy) is 2. The van der Waals surface area contributed by atoms with Crippen LogP contribution >= 0.6 is 28.1 Å². The summed E-state index contributed by atoms with van der Waals surface area (Å²) in [6, 6.07) is 21.6. The van der Waals surface area contributed by atoms with E-state index in [0.29, 0.717) is 33.7 Å². The summed E-state index contributed by atoms with van der Waals surface area (Å²) < 4.78 is 12.2. The molecule has 176 valence electrons. The summed E-state index contributed by atoms with van der Waals surface area (Å²) in [4.78, 5) is 25.4. The van der Waals surface area contributed by atoms with Gasteiger partial charge >= 0.3 is 0 Å². The van der Waals surface area contributed by atoms with Crippen molar-refractivity contribution in [1.29, 1.82) is 0 Å². The van der Waals surface area contributed by atoms with Crippen molar-refractivity contribution in [2.24, 2.45) is 0 Å². The highest BCUT2D eigenvalue weighted by molar-refractivity contribution is 9.10. The maximum atomic E-state index is 12.7. The van der Waals surface area contributed by atoms with Crippen molar-refractivity contribution in [3.8, 4) is 11.5 Å². The summed E-state index contributed by atoms with van der Waals surface area (Å²) in [5.74, 6) is -0.0981. The van der Waals surface area contributed by atoms with E-state index in [4.69, 9.17) is 21.7 Å². The lowest BCUT2D eigenvalue weighted by molar-refractivity contribution is 0.0929. The van der Waals surface area contributed by atoms with E-state index in [-0.39, 0.29) is 11.2 Å². The molecule has 7 nitrogen and oxygen atoms in total. The lowest BCUT2D eigenvalue weighted by atomic mass is 10.2. The van der Waals surface area contributed by atoms with Crippen LogP contribution in [0, 0.1) is 0 Å². The number of rotatable bonds is 7. The number of carbonyl (C=O) groups excluding carboxylic acids is 2. The Morgan fingerprint density at radius 1 is 0.882 bits per heavy atom. The van der Waals surface area contributed by atoms with Crippen LogP contribution in [-0.2, 0) is 6.61 Å². The zero-order chi connectivity index (χ0) is 24.5. The fourth-order valence-electron chi connectivity index (χ4n) is 2.93. The van der Waals surface area contributed by atoms with Crippen molar-refractivity contribution in [3.63, 3.8) is 0 Å². The number of thiocarbonyl (C=S) groups is 1. The first kappa shape index (κ1) is 25.2. The van der Waals surface area contributed by atoms with Gasteiger partial charge in [-0.1, -0.05) is 58.4 Å². The summed E-state index contributed by atoms with van der Waals surface area (Å²) in [6.45, 7) is 4.06. The quantitative estimate of drug-likeness (QED) is 0.295. The van der Waals surface area contributed by atoms with E-state index in [2.05, 4.69) is 32.1 Å². The fraction of sp³-hybridized carbons (Fsp3) is 0.160. The third-order valence-electron chi connectivity index (χ3n) is 4.43. The SMILES string of the molecule is CC(C)Oc1ccc(Br)cc1C(=O)NC(=S)NNC(=O)c1ccccc1OCc1ccccc1. The van der Waals surface area contributed by atoms with E-state index >= 15 is 0 Å². The number of halogens is 1. The molecule has 3 aromatic rings. The van der Waals surface area contributed by atoms with Gasteiger partial charge < -0.3 is 9.47 Å². The van der Waals surface area contributed by atoms with E-state index in [9.17, 15) is 9.59 Å². The first-order valence-corrected chi connectivity index (χ1v) is 11.7. The summed E-state index contributed by atoms with van der Waals surface area (Å²) in [6.07, 6.45) is -0.110. The lowest BCUT2D eigenvalue weighted by Crippen LogP contribution is -2.48. The molecule has 0 aliphatic rings.